The number of carboxylic acids is 1. The standard InChI is InChI=1S/C12H16N2O3/c1-8(5-13)6-14(3)7-10-4-11(12(15)16)9(2)17-10/h4,8H,6-7H2,1-3H3,(H,15,16). The maximum absolute atomic E-state index is 10.8. The lowest BCUT2D eigenvalue weighted by atomic mass is 10.2. The number of carboxylic acid groups (broad SMARTS) is 1. The van der Waals surface area contributed by atoms with Gasteiger partial charge in [-0.1, -0.05) is 0 Å². The fraction of sp³-hybridized carbons (Fsp3) is 0.500. The highest BCUT2D eigenvalue weighted by Gasteiger charge is 2.15. The molecule has 17 heavy (non-hydrogen) atoms. The molecule has 1 atom stereocenters. The topological polar surface area (TPSA) is 77.5 Å². The molecule has 0 saturated heterocycles. The van der Waals surface area contributed by atoms with Gasteiger partial charge in [0.1, 0.15) is 17.1 Å². The van der Waals surface area contributed by atoms with Gasteiger partial charge in [0, 0.05) is 6.54 Å². The highest BCUT2D eigenvalue weighted by atomic mass is 16.4. The van der Waals surface area contributed by atoms with Crippen molar-refractivity contribution in [2.24, 2.45) is 5.92 Å². The number of nitriles is 1. The minimum absolute atomic E-state index is 0.0602. The molecule has 1 aromatic heterocycles. The Labute approximate surface area is 100 Å². The van der Waals surface area contributed by atoms with Crippen LogP contribution in [0.25, 0.3) is 0 Å². The minimum atomic E-state index is -0.981. The van der Waals surface area contributed by atoms with Crippen LogP contribution in [-0.2, 0) is 6.54 Å². The Kier molecular flexibility index (Phi) is 4.30. The summed E-state index contributed by atoms with van der Waals surface area (Å²) in [5.41, 5.74) is 0.196. The van der Waals surface area contributed by atoms with Crippen LogP contribution in [0.15, 0.2) is 10.5 Å². The van der Waals surface area contributed by atoms with E-state index in [-0.39, 0.29) is 11.5 Å². The molecule has 1 heterocycles. The van der Waals surface area contributed by atoms with E-state index < -0.39 is 5.97 Å². The van der Waals surface area contributed by atoms with E-state index in [0.717, 1.165) is 0 Å². The second-order valence-corrected chi connectivity index (χ2v) is 4.21. The third kappa shape index (κ3) is 3.61. The number of aromatic carboxylic acids is 1. The Morgan fingerprint density at radius 1 is 1.71 bits per heavy atom. The predicted octanol–water partition coefficient (Wildman–Crippen LogP) is 1.88. The van der Waals surface area contributed by atoms with E-state index in [1.807, 2.05) is 18.9 Å². The van der Waals surface area contributed by atoms with E-state index >= 15 is 0 Å². The Balaban J connectivity index is 2.66. The van der Waals surface area contributed by atoms with E-state index in [4.69, 9.17) is 14.8 Å². The number of nitrogens with zero attached hydrogens (tertiary/aromatic N) is 2. The average Bonchev–Trinajstić information content (AvgIpc) is 2.59. The molecule has 0 fully saturated rings. The Morgan fingerprint density at radius 2 is 2.35 bits per heavy atom. The predicted molar refractivity (Wildman–Crippen MR) is 61.5 cm³/mol. The number of carbonyl (C=O) groups is 1. The van der Waals surface area contributed by atoms with Crippen LogP contribution in [0, 0.1) is 24.2 Å². The van der Waals surface area contributed by atoms with Crippen molar-refractivity contribution in [1.82, 2.24) is 4.90 Å². The third-order valence-electron chi connectivity index (χ3n) is 2.43. The molecule has 1 rings (SSSR count). The highest BCUT2D eigenvalue weighted by Crippen LogP contribution is 2.16. The lowest BCUT2D eigenvalue weighted by Gasteiger charge is -2.15. The molecule has 0 spiro atoms. The first kappa shape index (κ1) is 13.3. The summed E-state index contributed by atoms with van der Waals surface area (Å²) in [7, 11) is 1.87. The molecule has 0 amide bonds. The van der Waals surface area contributed by atoms with Crippen LogP contribution < -0.4 is 0 Å². The van der Waals surface area contributed by atoms with Crippen LogP contribution in [-0.4, -0.2) is 29.6 Å². The summed E-state index contributed by atoms with van der Waals surface area (Å²) in [5.74, 6) is -0.0256. The van der Waals surface area contributed by atoms with Gasteiger partial charge < -0.3 is 9.52 Å². The van der Waals surface area contributed by atoms with Gasteiger partial charge in [-0.3, -0.25) is 4.90 Å². The second kappa shape index (κ2) is 5.51. The molecular formula is C12H16N2O3. The lowest BCUT2D eigenvalue weighted by molar-refractivity contribution is 0.0695. The summed E-state index contributed by atoms with van der Waals surface area (Å²) in [6.07, 6.45) is 0. The Bertz CT molecular complexity index is 445. The van der Waals surface area contributed by atoms with Crippen molar-refractivity contribution in [3.05, 3.63) is 23.2 Å². The monoisotopic (exact) mass is 236 g/mol. The van der Waals surface area contributed by atoms with Gasteiger partial charge in [-0.05, 0) is 27.0 Å². The summed E-state index contributed by atoms with van der Waals surface area (Å²) in [4.78, 5) is 12.8. The van der Waals surface area contributed by atoms with E-state index in [2.05, 4.69) is 6.07 Å². The lowest BCUT2D eigenvalue weighted by Crippen LogP contribution is -2.23. The van der Waals surface area contributed by atoms with Crippen LogP contribution in [0.5, 0.6) is 0 Å². The summed E-state index contributed by atoms with van der Waals surface area (Å²) in [6, 6.07) is 3.68. The molecule has 5 heteroatoms. The van der Waals surface area contributed by atoms with Gasteiger partial charge in [0.25, 0.3) is 0 Å². The van der Waals surface area contributed by atoms with Crippen molar-refractivity contribution in [1.29, 1.82) is 5.26 Å². The molecule has 1 unspecified atom stereocenters. The maximum atomic E-state index is 10.8. The molecule has 0 saturated carbocycles. The first-order chi connectivity index (χ1) is 7.93. The van der Waals surface area contributed by atoms with Crippen molar-refractivity contribution in [2.75, 3.05) is 13.6 Å². The highest BCUT2D eigenvalue weighted by molar-refractivity contribution is 5.88. The first-order valence-corrected chi connectivity index (χ1v) is 5.34. The Morgan fingerprint density at radius 3 is 2.82 bits per heavy atom. The quantitative estimate of drug-likeness (QED) is 0.844. The van der Waals surface area contributed by atoms with Crippen LogP contribution in [0.2, 0.25) is 0 Å². The SMILES string of the molecule is Cc1oc(CN(C)CC(C)C#N)cc1C(=O)O. The molecule has 0 radical (unpaired) electrons. The third-order valence-corrected chi connectivity index (χ3v) is 2.43. The molecule has 92 valence electrons. The number of aryl methyl sites for hydroxylation is 1. The molecule has 0 aliphatic rings. The molecule has 0 aromatic carbocycles. The van der Waals surface area contributed by atoms with Gasteiger partial charge in [-0.25, -0.2) is 4.79 Å². The van der Waals surface area contributed by atoms with E-state index in [1.54, 1.807) is 6.92 Å². The van der Waals surface area contributed by atoms with Gasteiger partial charge in [0.15, 0.2) is 0 Å². The van der Waals surface area contributed by atoms with Crippen LogP contribution in [0.4, 0.5) is 0 Å². The van der Waals surface area contributed by atoms with Crippen molar-refractivity contribution in [2.45, 2.75) is 20.4 Å². The van der Waals surface area contributed by atoms with Crippen molar-refractivity contribution >= 4 is 5.97 Å². The zero-order valence-corrected chi connectivity index (χ0v) is 10.2. The average molecular weight is 236 g/mol. The number of hydrogen-bond acceptors (Lipinski definition) is 4. The fourth-order valence-corrected chi connectivity index (χ4v) is 1.67. The second-order valence-electron chi connectivity index (χ2n) is 4.21. The largest absolute Gasteiger partial charge is 0.478 e. The fourth-order valence-electron chi connectivity index (χ4n) is 1.67. The summed E-state index contributed by atoms with van der Waals surface area (Å²) < 4.78 is 5.36. The number of rotatable bonds is 5. The summed E-state index contributed by atoms with van der Waals surface area (Å²) >= 11 is 0. The van der Waals surface area contributed by atoms with Crippen molar-refractivity contribution in [3.8, 4) is 6.07 Å². The van der Waals surface area contributed by atoms with Gasteiger partial charge in [-0.15, -0.1) is 0 Å². The molecule has 0 bridgehead atoms. The van der Waals surface area contributed by atoms with Gasteiger partial charge in [0.05, 0.1) is 18.5 Å². The zero-order chi connectivity index (χ0) is 13.0. The summed E-state index contributed by atoms with van der Waals surface area (Å²) in [6.45, 7) is 4.59. The van der Waals surface area contributed by atoms with Crippen LogP contribution >= 0.6 is 0 Å². The smallest absolute Gasteiger partial charge is 0.339 e. The Hall–Kier alpha value is -1.80. The van der Waals surface area contributed by atoms with Gasteiger partial charge in [0.2, 0.25) is 0 Å². The minimum Gasteiger partial charge on any atom is -0.478 e. The van der Waals surface area contributed by atoms with Crippen LogP contribution in [0.1, 0.15) is 28.8 Å². The first-order valence-electron chi connectivity index (χ1n) is 5.34. The van der Waals surface area contributed by atoms with Crippen molar-refractivity contribution < 1.29 is 14.3 Å². The zero-order valence-electron chi connectivity index (χ0n) is 10.2. The van der Waals surface area contributed by atoms with E-state index in [9.17, 15) is 4.79 Å². The molecule has 5 nitrogen and oxygen atoms in total. The normalized spacial score (nSPS) is 12.4. The number of hydrogen-bond donors (Lipinski definition) is 1. The molecular weight excluding hydrogens is 220 g/mol. The number of furan rings is 1. The molecule has 1 N–H and O–H groups in total. The molecule has 0 aliphatic carbocycles. The maximum Gasteiger partial charge on any atom is 0.339 e. The summed E-state index contributed by atoms with van der Waals surface area (Å²) in [5, 5.41) is 17.6. The molecule has 0 aliphatic heterocycles. The molecule has 1 aromatic rings. The van der Waals surface area contributed by atoms with Crippen LogP contribution in [0.3, 0.4) is 0 Å². The van der Waals surface area contributed by atoms with E-state index in [0.29, 0.717) is 24.6 Å². The van der Waals surface area contributed by atoms with E-state index in [1.165, 1.54) is 6.07 Å². The van der Waals surface area contributed by atoms with Gasteiger partial charge in [-0.2, -0.15) is 5.26 Å². The van der Waals surface area contributed by atoms with Gasteiger partial charge >= 0.3 is 5.97 Å². The van der Waals surface area contributed by atoms with Crippen molar-refractivity contribution in [3.63, 3.8) is 0 Å².